The average molecular weight is 335 g/mol. The van der Waals surface area contributed by atoms with E-state index in [-0.39, 0.29) is 16.7 Å². The summed E-state index contributed by atoms with van der Waals surface area (Å²) in [6, 6.07) is 9.88. The van der Waals surface area contributed by atoms with Crippen molar-refractivity contribution in [1.29, 1.82) is 0 Å². The Hall–Kier alpha value is -3.03. The minimum atomic E-state index is -4.75. The van der Waals surface area contributed by atoms with Crippen molar-refractivity contribution in [3.63, 3.8) is 0 Å². The van der Waals surface area contributed by atoms with Crippen molar-refractivity contribution in [3.05, 3.63) is 58.5 Å². The van der Waals surface area contributed by atoms with Crippen LogP contribution in [0.1, 0.15) is 5.69 Å². The quantitative estimate of drug-likeness (QED) is 0.755. The minimum absolute atomic E-state index is 0.0361. The Labute approximate surface area is 134 Å². The molecular weight excluding hydrogens is 323 g/mol. The first kappa shape index (κ1) is 15.9. The zero-order valence-corrected chi connectivity index (χ0v) is 12.4. The highest BCUT2D eigenvalue weighted by Crippen LogP contribution is 2.36. The Morgan fingerprint density at radius 2 is 1.83 bits per heavy atom. The predicted octanol–water partition coefficient (Wildman–Crippen LogP) is 3.15. The topological polar surface area (TPSA) is 67.2 Å². The highest BCUT2D eigenvalue weighted by atomic mass is 19.4. The van der Waals surface area contributed by atoms with Gasteiger partial charge in [0.15, 0.2) is 11.3 Å². The highest BCUT2D eigenvalue weighted by Gasteiger charge is 2.34. The second-order valence-corrected chi connectivity index (χ2v) is 5.04. The minimum Gasteiger partial charge on any atom is -0.507 e. The van der Waals surface area contributed by atoms with Gasteiger partial charge in [-0.05, 0) is 12.1 Å². The van der Waals surface area contributed by atoms with Gasteiger partial charge < -0.3 is 10.4 Å². The standard InChI is InChI=1S/C16H12F3N3O2/c1-20-10-7-13(24)22(9-5-3-2-4-6-9)15-14(10)11(23)8-12(21-15)16(17,18)19/h2-8,20H,1H3,(H,21,23). The first-order chi connectivity index (χ1) is 11.3. The SMILES string of the molecule is CNc1cc(=O)n(-c2ccccc2)c2nc(C(F)(F)F)cc(O)c12. The van der Waals surface area contributed by atoms with E-state index < -0.39 is 23.2 Å². The maximum absolute atomic E-state index is 13.0. The molecule has 0 aliphatic carbocycles. The third-order valence-corrected chi connectivity index (χ3v) is 3.52. The molecule has 0 aliphatic rings. The molecule has 1 aromatic carbocycles. The van der Waals surface area contributed by atoms with Gasteiger partial charge in [0.25, 0.3) is 5.56 Å². The van der Waals surface area contributed by atoms with Crippen molar-refractivity contribution < 1.29 is 18.3 Å². The summed E-state index contributed by atoms with van der Waals surface area (Å²) in [6.07, 6.45) is -4.75. The normalized spacial score (nSPS) is 11.7. The fourth-order valence-corrected chi connectivity index (χ4v) is 2.47. The lowest BCUT2D eigenvalue weighted by Gasteiger charge is -2.15. The molecule has 3 rings (SSSR count). The van der Waals surface area contributed by atoms with Gasteiger partial charge in [0.2, 0.25) is 0 Å². The number of hydrogen-bond donors (Lipinski definition) is 2. The van der Waals surface area contributed by atoms with Crippen LogP contribution in [0.3, 0.4) is 0 Å². The first-order valence-electron chi connectivity index (χ1n) is 6.93. The number of aromatic hydroxyl groups is 1. The van der Waals surface area contributed by atoms with E-state index in [1.807, 2.05) is 0 Å². The van der Waals surface area contributed by atoms with Crippen molar-refractivity contribution in [2.45, 2.75) is 6.18 Å². The van der Waals surface area contributed by atoms with Crippen LogP contribution < -0.4 is 10.9 Å². The van der Waals surface area contributed by atoms with Gasteiger partial charge >= 0.3 is 6.18 Å². The lowest BCUT2D eigenvalue weighted by Crippen LogP contribution is -2.21. The fraction of sp³-hybridized carbons (Fsp3) is 0.125. The molecule has 0 saturated heterocycles. The molecule has 0 fully saturated rings. The number of nitrogens with one attached hydrogen (secondary N) is 1. The molecule has 2 N–H and O–H groups in total. The third-order valence-electron chi connectivity index (χ3n) is 3.52. The molecular formula is C16H12F3N3O2. The van der Waals surface area contributed by atoms with E-state index in [0.717, 1.165) is 4.57 Å². The molecule has 0 radical (unpaired) electrons. The van der Waals surface area contributed by atoms with Crippen LogP contribution in [0.2, 0.25) is 0 Å². The van der Waals surface area contributed by atoms with Gasteiger partial charge in [-0.1, -0.05) is 18.2 Å². The van der Waals surface area contributed by atoms with Crippen LogP contribution in [0, 0.1) is 0 Å². The maximum Gasteiger partial charge on any atom is 0.433 e. The van der Waals surface area contributed by atoms with Crippen LogP contribution in [0.25, 0.3) is 16.7 Å². The molecule has 2 aromatic heterocycles. The smallest absolute Gasteiger partial charge is 0.433 e. The Bertz CT molecular complexity index is 966. The summed E-state index contributed by atoms with van der Waals surface area (Å²) in [6.45, 7) is 0. The van der Waals surface area contributed by atoms with Gasteiger partial charge in [0, 0.05) is 19.2 Å². The lowest BCUT2D eigenvalue weighted by atomic mass is 10.2. The van der Waals surface area contributed by atoms with E-state index in [9.17, 15) is 23.1 Å². The zero-order valence-electron chi connectivity index (χ0n) is 12.4. The first-order valence-corrected chi connectivity index (χ1v) is 6.93. The second kappa shape index (κ2) is 5.55. The molecule has 0 unspecified atom stereocenters. The van der Waals surface area contributed by atoms with E-state index in [0.29, 0.717) is 11.8 Å². The average Bonchev–Trinajstić information content (AvgIpc) is 2.53. The zero-order chi connectivity index (χ0) is 17.5. The van der Waals surface area contributed by atoms with Gasteiger partial charge in [-0.15, -0.1) is 0 Å². The van der Waals surface area contributed by atoms with Crippen LogP contribution in [-0.4, -0.2) is 21.7 Å². The number of fused-ring (bicyclic) bond motifs is 1. The van der Waals surface area contributed by atoms with Gasteiger partial charge in [0.1, 0.15) is 5.75 Å². The largest absolute Gasteiger partial charge is 0.507 e. The van der Waals surface area contributed by atoms with Crippen molar-refractivity contribution in [2.75, 3.05) is 12.4 Å². The molecule has 8 heteroatoms. The number of alkyl halides is 3. The van der Waals surface area contributed by atoms with Gasteiger partial charge in [-0.3, -0.25) is 9.36 Å². The van der Waals surface area contributed by atoms with Gasteiger partial charge in [-0.25, -0.2) is 4.98 Å². The summed E-state index contributed by atoms with van der Waals surface area (Å²) in [5.74, 6) is -0.610. The molecule has 24 heavy (non-hydrogen) atoms. The second-order valence-electron chi connectivity index (χ2n) is 5.04. The number of halogens is 3. The molecule has 0 aliphatic heterocycles. The Balaban J connectivity index is 2.50. The fourth-order valence-electron chi connectivity index (χ4n) is 2.47. The van der Waals surface area contributed by atoms with Crippen LogP contribution in [0.15, 0.2) is 47.3 Å². The number of anilines is 1. The number of nitrogens with zero attached hydrogens (tertiary/aromatic N) is 2. The molecule has 0 saturated carbocycles. The van der Waals surface area contributed by atoms with E-state index in [2.05, 4.69) is 10.3 Å². The summed E-state index contributed by atoms with van der Waals surface area (Å²) in [5, 5.41) is 12.8. The van der Waals surface area contributed by atoms with Crippen LogP contribution in [-0.2, 0) is 6.18 Å². The third kappa shape index (κ3) is 2.55. The lowest BCUT2D eigenvalue weighted by molar-refractivity contribution is -0.141. The molecule has 5 nitrogen and oxygen atoms in total. The van der Waals surface area contributed by atoms with Crippen LogP contribution in [0.5, 0.6) is 5.75 Å². The van der Waals surface area contributed by atoms with Crippen molar-refractivity contribution >= 4 is 16.7 Å². The maximum atomic E-state index is 13.0. The molecule has 0 spiro atoms. The van der Waals surface area contributed by atoms with Gasteiger partial charge in [-0.2, -0.15) is 13.2 Å². The molecule has 0 atom stereocenters. The summed E-state index contributed by atoms with van der Waals surface area (Å²) in [7, 11) is 1.50. The molecule has 0 bridgehead atoms. The number of benzene rings is 1. The highest BCUT2D eigenvalue weighted by molar-refractivity contribution is 5.95. The van der Waals surface area contributed by atoms with Gasteiger partial charge in [0.05, 0.1) is 16.8 Å². The molecule has 2 heterocycles. The number of hydrogen-bond acceptors (Lipinski definition) is 4. The number of pyridine rings is 2. The summed E-state index contributed by atoms with van der Waals surface area (Å²) in [4.78, 5) is 16.0. The summed E-state index contributed by atoms with van der Waals surface area (Å²) >= 11 is 0. The Morgan fingerprint density at radius 1 is 1.17 bits per heavy atom. The van der Waals surface area contributed by atoms with Crippen LogP contribution in [0.4, 0.5) is 18.9 Å². The van der Waals surface area contributed by atoms with E-state index in [4.69, 9.17) is 0 Å². The summed E-state index contributed by atoms with van der Waals surface area (Å²) < 4.78 is 40.1. The van der Waals surface area contributed by atoms with Crippen molar-refractivity contribution in [1.82, 2.24) is 9.55 Å². The number of para-hydroxylation sites is 1. The monoisotopic (exact) mass is 335 g/mol. The van der Waals surface area contributed by atoms with Crippen molar-refractivity contribution in [2.24, 2.45) is 0 Å². The molecule has 3 aromatic rings. The Morgan fingerprint density at radius 3 is 2.42 bits per heavy atom. The predicted molar refractivity (Wildman–Crippen MR) is 83.6 cm³/mol. The molecule has 124 valence electrons. The molecule has 0 amide bonds. The van der Waals surface area contributed by atoms with Crippen LogP contribution >= 0.6 is 0 Å². The summed E-state index contributed by atoms with van der Waals surface area (Å²) in [5.41, 5.74) is -1.57. The Kier molecular flexibility index (Phi) is 3.67. The number of aromatic nitrogens is 2. The van der Waals surface area contributed by atoms with E-state index in [1.165, 1.54) is 13.1 Å². The van der Waals surface area contributed by atoms with Crippen molar-refractivity contribution in [3.8, 4) is 11.4 Å². The van der Waals surface area contributed by atoms with E-state index >= 15 is 0 Å². The van der Waals surface area contributed by atoms with E-state index in [1.54, 1.807) is 30.3 Å². The number of rotatable bonds is 2.